The summed E-state index contributed by atoms with van der Waals surface area (Å²) in [4.78, 5) is 29.4. The van der Waals surface area contributed by atoms with Gasteiger partial charge < -0.3 is 14.6 Å². The van der Waals surface area contributed by atoms with Gasteiger partial charge in [-0.15, -0.1) is 0 Å². The number of Topliss-reactive ketones (excluding diaryl/α,β-unsaturated/α-hetero) is 1. The Morgan fingerprint density at radius 3 is 2.83 bits per heavy atom. The summed E-state index contributed by atoms with van der Waals surface area (Å²) in [6.45, 7) is 5.85. The number of carbonyl (C=O) groups excluding carboxylic acids is 2. The molecule has 1 aromatic heterocycles. The first-order valence-corrected chi connectivity index (χ1v) is 13.0. The predicted octanol–water partition coefficient (Wildman–Crippen LogP) is 5.01. The number of ether oxygens (including phenoxy) is 2. The molecule has 188 valence electrons. The van der Waals surface area contributed by atoms with Crippen molar-refractivity contribution in [3.8, 4) is 0 Å². The minimum Gasteiger partial charge on any atom is -0.489 e. The molecule has 0 radical (unpaired) electrons. The number of aromatic nitrogens is 1. The van der Waals surface area contributed by atoms with Gasteiger partial charge in [-0.05, 0) is 72.3 Å². The van der Waals surface area contributed by atoms with Gasteiger partial charge in [0.25, 0.3) is 0 Å². The van der Waals surface area contributed by atoms with Crippen molar-refractivity contribution in [2.45, 2.75) is 70.5 Å². The highest BCUT2D eigenvalue weighted by atomic mass is 16.6. The van der Waals surface area contributed by atoms with E-state index in [0.29, 0.717) is 24.8 Å². The van der Waals surface area contributed by atoms with Gasteiger partial charge in [0, 0.05) is 56.0 Å². The van der Waals surface area contributed by atoms with E-state index in [0.717, 1.165) is 34.9 Å². The Morgan fingerprint density at radius 1 is 1.22 bits per heavy atom. The van der Waals surface area contributed by atoms with Crippen molar-refractivity contribution in [3.63, 3.8) is 0 Å². The Kier molecular flexibility index (Phi) is 5.38. The first-order valence-electron chi connectivity index (χ1n) is 13.0. The zero-order chi connectivity index (χ0) is 25.2. The fourth-order valence-corrected chi connectivity index (χ4v) is 7.77. The molecule has 1 aliphatic heterocycles. The summed E-state index contributed by atoms with van der Waals surface area (Å²) in [5.74, 6) is 0.527. The van der Waals surface area contributed by atoms with Gasteiger partial charge in [0.15, 0.2) is 5.78 Å². The van der Waals surface area contributed by atoms with E-state index in [2.05, 4.69) is 43.1 Å². The summed E-state index contributed by atoms with van der Waals surface area (Å²) in [6.07, 6.45) is 9.00. The summed E-state index contributed by atoms with van der Waals surface area (Å²) in [7, 11) is 0. The van der Waals surface area contributed by atoms with E-state index in [-0.39, 0.29) is 47.6 Å². The van der Waals surface area contributed by atoms with Crippen LogP contribution in [0.2, 0.25) is 0 Å². The third-order valence-corrected chi connectivity index (χ3v) is 9.21. The van der Waals surface area contributed by atoms with E-state index >= 15 is 0 Å². The van der Waals surface area contributed by atoms with Crippen molar-refractivity contribution in [2.75, 3.05) is 6.61 Å². The van der Waals surface area contributed by atoms with Gasteiger partial charge in [-0.25, -0.2) is 0 Å². The van der Waals surface area contributed by atoms with Crippen molar-refractivity contribution in [3.05, 3.63) is 65.2 Å². The summed E-state index contributed by atoms with van der Waals surface area (Å²) >= 11 is 0. The van der Waals surface area contributed by atoms with Crippen LogP contribution in [-0.4, -0.2) is 40.2 Å². The van der Waals surface area contributed by atoms with Gasteiger partial charge in [0.1, 0.15) is 17.5 Å². The second kappa shape index (κ2) is 8.27. The third kappa shape index (κ3) is 3.52. The Balaban J connectivity index is 1.42. The maximum atomic E-state index is 12.8. The number of nitrogens with zero attached hydrogens (tertiary/aromatic N) is 1. The van der Waals surface area contributed by atoms with E-state index < -0.39 is 5.60 Å². The minimum absolute atomic E-state index is 0.0118. The molecule has 3 aliphatic carbocycles. The molecule has 2 aromatic rings. The summed E-state index contributed by atoms with van der Waals surface area (Å²) in [5.41, 5.74) is 2.15. The number of aliphatic hydroxyl groups excluding tert-OH is 1. The molecule has 1 aromatic carbocycles. The molecule has 2 saturated carbocycles. The molecule has 6 rings (SSSR count). The molecule has 2 fully saturated rings. The number of aliphatic hydroxyl groups is 1. The number of hydrogen-bond acceptors (Lipinski definition) is 6. The molecular formula is C30H33NO5. The standard InChI is InChI=1S/C30H33NO5/c1-17(33)36-30(3)14-24-27-20(13-23-25(34)10-18(16-32)11-26(23)35-27)6-8-29(24,2)28(30)21-5-4-19-7-9-31-15-22(19)12-21/h4-5,7,9,12-13,15,18,24,27-28,32H,6,8,10-11,14,16H2,1-3H3/t18?,24-,27+,28+,29-,30?/m0/s1. The molecule has 0 saturated heterocycles. The van der Waals surface area contributed by atoms with Crippen LogP contribution < -0.4 is 0 Å². The van der Waals surface area contributed by atoms with Gasteiger partial charge >= 0.3 is 5.97 Å². The second-order valence-corrected chi connectivity index (χ2v) is 11.6. The van der Waals surface area contributed by atoms with Crippen LogP contribution in [0.4, 0.5) is 0 Å². The van der Waals surface area contributed by atoms with Crippen LogP contribution in [0.15, 0.2) is 59.6 Å². The zero-order valence-electron chi connectivity index (χ0n) is 21.1. The number of hydrogen-bond donors (Lipinski definition) is 1. The van der Waals surface area contributed by atoms with Crippen LogP contribution in [-0.2, 0) is 19.1 Å². The summed E-state index contributed by atoms with van der Waals surface area (Å²) in [5, 5.41) is 11.9. The number of ketones is 1. The molecule has 6 heteroatoms. The highest BCUT2D eigenvalue weighted by molar-refractivity contribution is 6.00. The lowest BCUT2D eigenvalue weighted by Gasteiger charge is -2.48. The number of benzene rings is 1. The predicted molar refractivity (Wildman–Crippen MR) is 135 cm³/mol. The lowest BCUT2D eigenvalue weighted by Crippen LogP contribution is -2.44. The number of rotatable bonds is 3. The number of fused-ring (bicyclic) bond motifs is 4. The fourth-order valence-electron chi connectivity index (χ4n) is 7.77. The van der Waals surface area contributed by atoms with Crippen molar-refractivity contribution < 1.29 is 24.2 Å². The van der Waals surface area contributed by atoms with E-state index in [4.69, 9.17) is 9.47 Å². The Labute approximate surface area is 211 Å². The van der Waals surface area contributed by atoms with Crippen molar-refractivity contribution in [2.24, 2.45) is 17.3 Å². The average molecular weight is 488 g/mol. The van der Waals surface area contributed by atoms with Crippen LogP contribution >= 0.6 is 0 Å². The molecule has 4 aliphatic rings. The fraction of sp³-hybridized carbons (Fsp3) is 0.500. The quantitative estimate of drug-likeness (QED) is 0.613. The molecule has 0 amide bonds. The second-order valence-electron chi connectivity index (χ2n) is 11.6. The highest BCUT2D eigenvalue weighted by Gasteiger charge is 2.64. The van der Waals surface area contributed by atoms with Crippen molar-refractivity contribution >= 4 is 22.5 Å². The van der Waals surface area contributed by atoms with Gasteiger partial charge in [-0.3, -0.25) is 14.6 Å². The maximum Gasteiger partial charge on any atom is 0.303 e. The number of allylic oxidation sites excluding steroid dienone is 3. The van der Waals surface area contributed by atoms with Crippen molar-refractivity contribution in [1.82, 2.24) is 4.98 Å². The molecule has 0 spiro atoms. The van der Waals surface area contributed by atoms with Crippen LogP contribution in [0.1, 0.15) is 64.4 Å². The maximum absolute atomic E-state index is 12.8. The lowest BCUT2D eigenvalue weighted by molar-refractivity contribution is -0.157. The normalized spacial score (nSPS) is 35.4. The number of esters is 1. The van der Waals surface area contributed by atoms with Gasteiger partial charge in [-0.2, -0.15) is 0 Å². The van der Waals surface area contributed by atoms with Crippen molar-refractivity contribution in [1.29, 1.82) is 0 Å². The van der Waals surface area contributed by atoms with E-state index in [1.807, 2.05) is 12.3 Å². The molecule has 2 heterocycles. The van der Waals surface area contributed by atoms with Crippen LogP contribution in [0, 0.1) is 17.3 Å². The molecule has 6 nitrogen and oxygen atoms in total. The Hall–Kier alpha value is -2.99. The van der Waals surface area contributed by atoms with E-state index in [9.17, 15) is 14.7 Å². The number of pyridine rings is 1. The van der Waals surface area contributed by atoms with E-state index in [1.165, 1.54) is 12.5 Å². The lowest BCUT2D eigenvalue weighted by atomic mass is 9.60. The molecule has 6 atom stereocenters. The summed E-state index contributed by atoms with van der Waals surface area (Å²) in [6, 6.07) is 8.50. The Morgan fingerprint density at radius 2 is 2.06 bits per heavy atom. The first-order chi connectivity index (χ1) is 17.2. The van der Waals surface area contributed by atoms with Gasteiger partial charge in [0.05, 0.1) is 5.57 Å². The molecular weight excluding hydrogens is 454 g/mol. The van der Waals surface area contributed by atoms with Crippen LogP contribution in [0.3, 0.4) is 0 Å². The topological polar surface area (TPSA) is 85.7 Å². The SMILES string of the molecule is CC(=O)OC1(C)C[C@H]2[C@@H]3OC4=C(C=C3CC[C@]2(C)[C@H]1c1ccc2ccncc2c1)C(=O)CC(CO)C4. The monoisotopic (exact) mass is 487 g/mol. The first kappa shape index (κ1) is 23.4. The largest absolute Gasteiger partial charge is 0.489 e. The number of carbonyl (C=O) groups is 2. The molecule has 2 unspecified atom stereocenters. The average Bonchev–Trinajstić information content (AvgIpc) is 3.08. The van der Waals surface area contributed by atoms with Crippen LogP contribution in [0.25, 0.3) is 10.8 Å². The molecule has 0 bridgehead atoms. The third-order valence-electron chi connectivity index (χ3n) is 9.21. The smallest absolute Gasteiger partial charge is 0.303 e. The zero-order valence-corrected chi connectivity index (χ0v) is 21.1. The summed E-state index contributed by atoms with van der Waals surface area (Å²) < 4.78 is 12.8. The molecule has 36 heavy (non-hydrogen) atoms. The van der Waals surface area contributed by atoms with Crippen LogP contribution in [0.5, 0.6) is 0 Å². The highest BCUT2D eigenvalue weighted by Crippen LogP contribution is 2.66. The van der Waals surface area contributed by atoms with Gasteiger partial charge in [-0.1, -0.05) is 19.1 Å². The Bertz CT molecular complexity index is 1330. The van der Waals surface area contributed by atoms with E-state index in [1.54, 1.807) is 6.20 Å². The minimum atomic E-state index is -0.690. The van der Waals surface area contributed by atoms with Gasteiger partial charge in [0.2, 0.25) is 0 Å². The molecule has 1 N–H and O–H groups in total.